The van der Waals surface area contributed by atoms with E-state index >= 15 is 0 Å². The highest BCUT2D eigenvalue weighted by molar-refractivity contribution is 7.18. The molecule has 0 spiro atoms. The predicted octanol–water partition coefficient (Wildman–Crippen LogP) is 1.25. The Morgan fingerprint density at radius 3 is 2.78 bits per heavy atom. The molecule has 0 bridgehead atoms. The van der Waals surface area contributed by atoms with Crippen LogP contribution in [0, 0.1) is 0 Å². The van der Waals surface area contributed by atoms with Gasteiger partial charge in [-0.25, -0.2) is 0 Å². The van der Waals surface area contributed by atoms with Crippen LogP contribution in [0.15, 0.2) is 6.07 Å². The number of carbonyl (C=O) groups is 2. The number of anilines is 2. The highest BCUT2D eigenvalue weighted by Crippen LogP contribution is 2.34. The largest absolute Gasteiger partial charge is 0.397 e. The number of amides is 1. The maximum absolute atomic E-state index is 11.4. The van der Waals surface area contributed by atoms with Gasteiger partial charge in [-0.1, -0.05) is 0 Å². The number of nitrogens with zero attached hydrogens (tertiary/aromatic N) is 1. The summed E-state index contributed by atoms with van der Waals surface area (Å²) in [6.07, 6.45) is 0.923. The summed E-state index contributed by atoms with van der Waals surface area (Å²) in [4.78, 5) is 25.1. The standard InChI is InChI=1S/C12H17N3O2S/c1-7(16)12-10(13)5-11(18-12)15-4-3-9(6-15)14-8(2)17/h5,9H,3-4,6,13H2,1-2H3,(H,14,17). The quantitative estimate of drug-likeness (QED) is 0.808. The van der Waals surface area contributed by atoms with Crippen molar-refractivity contribution in [1.82, 2.24) is 5.32 Å². The van der Waals surface area contributed by atoms with Crippen molar-refractivity contribution >= 4 is 33.7 Å². The van der Waals surface area contributed by atoms with E-state index in [0.717, 1.165) is 24.5 Å². The molecule has 1 saturated heterocycles. The highest BCUT2D eigenvalue weighted by atomic mass is 32.1. The Kier molecular flexibility index (Phi) is 3.56. The van der Waals surface area contributed by atoms with Gasteiger partial charge in [-0.3, -0.25) is 9.59 Å². The van der Waals surface area contributed by atoms with Crippen molar-refractivity contribution in [2.45, 2.75) is 26.3 Å². The molecule has 1 aromatic rings. The number of hydrogen-bond donors (Lipinski definition) is 2. The van der Waals surface area contributed by atoms with E-state index in [2.05, 4.69) is 10.2 Å². The lowest BCUT2D eigenvalue weighted by Gasteiger charge is -2.16. The molecule has 0 aliphatic carbocycles. The van der Waals surface area contributed by atoms with Crippen LogP contribution in [0.2, 0.25) is 0 Å². The van der Waals surface area contributed by atoms with Crippen molar-refractivity contribution in [2.75, 3.05) is 23.7 Å². The van der Waals surface area contributed by atoms with Crippen LogP contribution in [-0.2, 0) is 4.79 Å². The lowest BCUT2D eigenvalue weighted by Crippen LogP contribution is -2.35. The summed E-state index contributed by atoms with van der Waals surface area (Å²) in [6.45, 7) is 4.70. The van der Waals surface area contributed by atoms with Gasteiger partial charge in [0.2, 0.25) is 5.91 Å². The van der Waals surface area contributed by atoms with Crippen LogP contribution in [0.5, 0.6) is 0 Å². The number of rotatable bonds is 3. The average molecular weight is 267 g/mol. The summed E-state index contributed by atoms with van der Waals surface area (Å²) in [7, 11) is 0. The fourth-order valence-corrected chi connectivity index (χ4v) is 3.20. The number of nitrogens with two attached hydrogens (primary N) is 1. The molecule has 98 valence electrons. The van der Waals surface area contributed by atoms with Crippen molar-refractivity contribution in [1.29, 1.82) is 0 Å². The SMILES string of the molecule is CC(=O)NC1CCN(c2cc(N)c(C(C)=O)s2)C1. The zero-order valence-electron chi connectivity index (χ0n) is 10.5. The fourth-order valence-electron chi connectivity index (χ4n) is 2.19. The zero-order chi connectivity index (χ0) is 13.3. The van der Waals surface area contributed by atoms with E-state index in [0.29, 0.717) is 10.6 Å². The summed E-state index contributed by atoms with van der Waals surface area (Å²) in [5.74, 6) is -0.00155. The minimum absolute atomic E-state index is 0.00126. The molecular weight excluding hydrogens is 250 g/mol. The van der Waals surface area contributed by atoms with Gasteiger partial charge in [-0.15, -0.1) is 11.3 Å². The molecule has 0 radical (unpaired) electrons. The Labute approximate surface area is 110 Å². The smallest absolute Gasteiger partial charge is 0.217 e. The van der Waals surface area contributed by atoms with Gasteiger partial charge in [0.15, 0.2) is 5.78 Å². The first-order valence-electron chi connectivity index (χ1n) is 5.89. The minimum atomic E-state index is -0.00281. The van der Waals surface area contributed by atoms with Crippen LogP contribution in [-0.4, -0.2) is 30.8 Å². The van der Waals surface area contributed by atoms with E-state index < -0.39 is 0 Å². The van der Waals surface area contributed by atoms with Gasteiger partial charge < -0.3 is 16.0 Å². The number of carbonyl (C=O) groups excluding carboxylic acids is 2. The monoisotopic (exact) mass is 267 g/mol. The van der Waals surface area contributed by atoms with Gasteiger partial charge in [-0.2, -0.15) is 0 Å². The van der Waals surface area contributed by atoms with Gasteiger partial charge >= 0.3 is 0 Å². The molecule has 1 unspecified atom stereocenters. The Morgan fingerprint density at radius 2 is 2.22 bits per heavy atom. The number of thiophene rings is 1. The molecule has 18 heavy (non-hydrogen) atoms. The molecule has 0 saturated carbocycles. The summed E-state index contributed by atoms with van der Waals surface area (Å²) >= 11 is 1.42. The predicted molar refractivity (Wildman–Crippen MR) is 73.2 cm³/mol. The topological polar surface area (TPSA) is 75.4 Å². The van der Waals surface area contributed by atoms with E-state index in [1.165, 1.54) is 25.2 Å². The van der Waals surface area contributed by atoms with Gasteiger partial charge in [0.05, 0.1) is 15.6 Å². The third-order valence-electron chi connectivity index (χ3n) is 2.97. The first-order valence-corrected chi connectivity index (χ1v) is 6.71. The lowest BCUT2D eigenvalue weighted by atomic mass is 10.3. The van der Waals surface area contributed by atoms with Gasteiger partial charge in [0, 0.05) is 33.0 Å². The van der Waals surface area contributed by atoms with Crippen LogP contribution in [0.3, 0.4) is 0 Å². The molecule has 3 N–H and O–H groups in total. The molecule has 1 aromatic heterocycles. The maximum Gasteiger partial charge on any atom is 0.217 e. The van der Waals surface area contributed by atoms with E-state index in [4.69, 9.17) is 5.73 Å². The second-order valence-corrected chi connectivity index (χ2v) is 5.59. The number of ketones is 1. The number of hydrogen-bond acceptors (Lipinski definition) is 5. The van der Waals surface area contributed by atoms with Crippen molar-refractivity contribution in [2.24, 2.45) is 0 Å². The molecule has 2 rings (SSSR count). The third kappa shape index (κ3) is 2.64. The molecule has 2 heterocycles. The molecule has 1 amide bonds. The molecule has 5 nitrogen and oxygen atoms in total. The summed E-state index contributed by atoms with van der Waals surface area (Å²) in [5.41, 5.74) is 6.37. The average Bonchev–Trinajstić information content (AvgIpc) is 2.83. The molecule has 1 atom stereocenters. The number of nitrogen functional groups attached to an aromatic ring is 1. The summed E-state index contributed by atoms with van der Waals surface area (Å²) in [5, 5.41) is 3.92. The van der Waals surface area contributed by atoms with Gasteiger partial charge in [0.25, 0.3) is 0 Å². The van der Waals surface area contributed by atoms with Crippen LogP contribution >= 0.6 is 11.3 Å². The Balaban J connectivity index is 2.07. The van der Waals surface area contributed by atoms with E-state index in [9.17, 15) is 9.59 Å². The van der Waals surface area contributed by atoms with E-state index in [1.54, 1.807) is 0 Å². The number of nitrogens with one attached hydrogen (secondary N) is 1. The van der Waals surface area contributed by atoms with E-state index in [-0.39, 0.29) is 17.7 Å². The van der Waals surface area contributed by atoms with Crippen molar-refractivity contribution in [3.63, 3.8) is 0 Å². The van der Waals surface area contributed by atoms with E-state index in [1.807, 2.05) is 6.07 Å². The van der Waals surface area contributed by atoms with Crippen LogP contribution in [0.25, 0.3) is 0 Å². The Hall–Kier alpha value is -1.56. The molecular formula is C12H17N3O2S. The Morgan fingerprint density at radius 1 is 1.50 bits per heavy atom. The summed E-state index contributed by atoms with van der Waals surface area (Å²) < 4.78 is 0. The van der Waals surface area contributed by atoms with Crippen molar-refractivity contribution < 1.29 is 9.59 Å². The maximum atomic E-state index is 11.4. The first kappa shape index (κ1) is 12.9. The first-order chi connectivity index (χ1) is 8.47. The minimum Gasteiger partial charge on any atom is -0.397 e. The fraction of sp³-hybridized carbons (Fsp3) is 0.500. The van der Waals surface area contributed by atoms with Crippen LogP contribution < -0.4 is 16.0 Å². The van der Waals surface area contributed by atoms with Gasteiger partial charge in [-0.05, 0) is 12.5 Å². The lowest BCUT2D eigenvalue weighted by molar-refractivity contribution is -0.119. The molecule has 6 heteroatoms. The zero-order valence-corrected chi connectivity index (χ0v) is 11.3. The molecule has 1 fully saturated rings. The summed E-state index contributed by atoms with van der Waals surface area (Å²) in [6, 6.07) is 2.03. The van der Waals surface area contributed by atoms with Crippen molar-refractivity contribution in [3.05, 3.63) is 10.9 Å². The number of Topliss-reactive ketones (excluding diaryl/α,β-unsaturated/α-hetero) is 1. The second kappa shape index (κ2) is 4.97. The van der Waals surface area contributed by atoms with Crippen LogP contribution in [0.4, 0.5) is 10.7 Å². The van der Waals surface area contributed by atoms with Crippen molar-refractivity contribution in [3.8, 4) is 0 Å². The highest BCUT2D eigenvalue weighted by Gasteiger charge is 2.25. The second-order valence-electron chi connectivity index (χ2n) is 4.56. The third-order valence-corrected chi connectivity index (χ3v) is 4.29. The molecule has 1 aliphatic rings. The van der Waals surface area contributed by atoms with Gasteiger partial charge in [0.1, 0.15) is 0 Å². The Bertz CT molecular complexity index is 484. The van der Waals surface area contributed by atoms with Crippen LogP contribution in [0.1, 0.15) is 29.9 Å². The normalized spacial score (nSPS) is 19.0. The molecule has 0 aromatic carbocycles. The molecule has 1 aliphatic heterocycles.